The fourth-order valence-corrected chi connectivity index (χ4v) is 3.12. The Morgan fingerprint density at radius 3 is 2.60 bits per heavy atom. The topological polar surface area (TPSA) is 104 Å². The van der Waals surface area contributed by atoms with Crippen LogP contribution >= 0.6 is 0 Å². The van der Waals surface area contributed by atoms with Crippen LogP contribution in [0.25, 0.3) is 0 Å². The van der Waals surface area contributed by atoms with Crippen LogP contribution in [0.1, 0.15) is 30.9 Å². The Morgan fingerprint density at radius 1 is 1.32 bits per heavy atom. The molecule has 0 aromatic heterocycles. The number of alkyl halides is 3. The van der Waals surface area contributed by atoms with Gasteiger partial charge in [0.05, 0.1) is 12.1 Å². The molecule has 2 unspecified atom stereocenters. The number of piperidine rings is 1. The van der Waals surface area contributed by atoms with Crippen molar-refractivity contribution in [2.75, 3.05) is 6.54 Å². The monoisotopic (exact) mass is 383 g/mol. The molecule has 0 aliphatic carbocycles. The van der Waals surface area contributed by atoms with Gasteiger partial charge >= 0.3 is 21.7 Å². The summed E-state index contributed by atoms with van der Waals surface area (Å²) in [5, 5.41) is 19.6. The van der Waals surface area contributed by atoms with Crippen LogP contribution in [0.2, 0.25) is 0 Å². The number of hydrogen-bond donors (Lipinski definition) is 2. The molecule has 1 heterocycles. The van der Waals surface area contributed by atoms with E-state index in [0.29, 0.717) is 19.3 Å². The van der Waals surface area contributed by atoms with Crippen LogP contribution in [-0.4, -0.2) is 47.7 Å². The average Bonchev–Trinajstić information content (AvgIpc) is 2.53. The highest BCUT2D eigenvalue weighted by atomic mass is 32.2. The highest BCUT2D eigenvalue weighted by Gasteiger charge is 2.48. The fourth-order valence-electron chi connectivity index (χ4n) is 2.67. The number of carboxylic acid groups (broad SMARTS) is 1. The molecule has 1 fully saturated rings. The van der Waals surface area contributed by atoms with E-state index in [4.69, 9.17) is 0 Å². The lowest BCUT2D eigenvalue weighted by Crippen LogP contribution is -2.46. The Bertz CT molecular complexity index is 736. The fraction of sp³-hybridized carbons (Fsp3) is 0.500. The number of benzene rings is 1. The molecule has 11 heteroatoms. The maximum atomic E-state index is 12.4. The summed E-state index contributed by atoms with van der Waals surface area (Å²) < 4.78 is 63.2. The number of nitrogens with zero attached hydrogens (tertiary/aromatic N) is 1. The van der Waals surface area contributed by atoms with E-state index in [0.717, 1.165) is 17.0 Å². The van der Waals surface area contributed by atoms with Crippen LogP contribution < -0.4 is 4.18 Å². The number of amides is 1. The number of rotatable bonds is 4. The lowest BCUT2D eigenvalue weighted by atomic mass is 9.93. The molecule has 1 aromatic rings. The first-order valence-corrected chi connectivity index (χ1v) is 8.72. The predicted molar refractivity (Wildman–Crippen MR) is 79.4 cm³/mol. The summed E-state index contributed by atoms with van der Waals surface area (Å²) in [5.41, 5.74) is -5.52. The minimum atomic E-state index is -5.83. The molecular weight excluding hydrogens is 367 g/mol. The molecule has 1 amide bonds. The van der Waals surface area contributed by atoms with Crippen molar-refractivity contribution in [1.82, 2.24) is 4.90 Å². The molecule has 1 aromatic carbocycles. The molecule has 1 aliphatic rings. The van der Waals surface area contributed by atoms with E-state index in [-0.39, 0.29) is 12.1 Å². The number of hydrogen-bond acceptors (Lipinski definition) is 5. The molecule has 25 heavy (non-hydrogen) atoms. The van der Waals surface area contributed by atoms with E-state index >= 15 is 0 Å². The SMILES string of the molecule is O=C(O)N1CCCCC1C(O)c1cccc(OS(=O)(=O)C(F)(F)F)c1. The van der Waals surface area contributed by atoms with Gasteiger partial charge in [0.1, 0.15) is 5.75 Å². The molecule has 140 valence electrons. The summed E-state index contributed by atoms with van der Waals surface area (Å²) in [6, 6.07) is 3.73. The number of halogens is 3. The van der Waals surface area contributed by atoms with Gasteiger partial charge in [0.15, 0.2) is 0 Å². The smallest absolute Gasteiger partial charge is 0.465 e. The summed E-state index contributed by atoms with van der Waals surface area (Å²) in [4.78, 5) is 12.3. The molecule has 7 nitrogen and oxygen atoms in total. The van der Waals surface area contributed by atoms with E-state index in [2.05, 4.69) is 4.18 Å². The lowest BCUT2D eigenvalue weighted by molar-refractivity contribution is -0.0500. The van der Waals surface area contributed by atoms with Gasteiger partial charge in [0.25, 0.3) is 0 Å². The second-order valence-corrected chi connectivity index (χ2v) is 7.08. The third kappa shape index (κ3) is 4.34. The molecule has 1 aliphatic heterocycles. The van der Waals surface area contributed by atoms with E-state index in [1.165, 1.54) is 12.1 Å². The van der Waals surface area contributed by atoms with Crippen molar-refractivity contribution in [3.8, 4) is 5.75 Å². The first-order chi connectivity index (χ1) is 11.5. The summed E-state index contributed by atoms with van der Waals surface area (Å²) in [7, 11) is -5.83. The molecule has 2 rings (SSSR count). The number of aliphatic hydroxyl groups excluding tert-OH is 1. The van der Waals surface area contributed by atoms with Crippen molar-refractivity contribution < 1.29 is 40.8 Å². The highest BCUT2D eigenvalue weighted by Crippen LogP contribution is 2.32. The van der Waals surface area contributed by atoms with Crippen LogP contribution in [0.5, 0.6) is 5.75 Å². The quantitative estimate of drug-likeness (QED) is 0.612. The summed E-state index contributed by atoms with van der Waals surface area (Å²) >= 11 is 0. The van der Waals surface area contributed by atoms with Gasteiger partial charge in [-0.3, -0.25) is 0 Å². The summed E-state index contributed by atoms with van der Waals surface area (Å²) in [5.74, 6) is -0.619. The second kappa shape index (κ2) is 7.08. The number of likely N-dealkylation sites (tertiary alicyclic amines) is 1. The zero-order chi connectivity index (χ0) is 18.8. The van der Waals surface area contributed by atoms with Crippen molar-refractivity contribution in [2.24, 2.45) is 0 Å². The first kappa shape index (κ1) is 19.3. The molecule has 2 atom stereocenters. The van der Waals surface area contributed by atoms with Crippen molar-refractivity contribution in [2.45, 2.75) is 36.9 Å². The van der Waals surface area contributed by atoms with Gasteiger partial charge < -0.3 is 19.3 Å². The van der Waals surface area contributed by atoms with E-state index in [1.54, 1.807) is 0 Å². The normalized spacial score (nSPS) is 20.2. The predicted octanol–water partition coefficient (Wildman–Crippen LogP) is 2.48. The van der Waals surface area contributed by atoms with E-state index in [1.807, 2.05) is 0 Å². The minimum Gasteiger partial charge on any atom is -0.465 e. The standard InChI is InChI=1S/C14H16F3NO6S/c15-14(16,17)25(22,23)24-10-5-3-4-9(8-10)12(19)11-6-1-2-7-18(11)13(20)21/h3-5,8,11-12,19H,1-2,6-7H2,(H,20,21). The zero-order valence-corrected chi connectivity index (χ0v) is 13.6. The van der Waals surface area contributed by atoms with E-state index < -0.39 is 39.6 Å². The Labute approximate surface area is 141 Å². The van der Waals surface area contributed by atoms with Crippen molar-refractivity contribution in [3.05, 3.63) is 29.8 Å². The maximum Gasteiger partial charge on any atom is 0.534 e. The second-order valence-electron chi connectivity index (χ2n) is 5.54. The van der Waals surface area contributed by atoms with Gasteiger partial charge in [-0.1, -0.05) is 12.1 Å². The molecule has 0 bridgehead atoms. The van der Waals surface area contributed by atoms with Crippen LogP contribution in [-0.2, 0) is 10.1 Å². The van der Waals surface area contributed by atoms with Gasteiger partial charge in [-0.25, -0.2) is 4.79 Å². The zero-order valence-electron chi connectivity index (χ0n) is 12.8. The van der Waals surface area contributed by atoms with Crippen LogP contribution in [0.15, 0.2) is 24.3 Å². The Kier molecular flexibility index (Phi) is 5.47. The van der Waals surface area contributed by atoms with Crippen LogP contribution in [0, 0.1) is 0 Å². The molecule has 0 radical (unpaired) electrons. The lowest BCUT2D eigenvalue weighted by Gasteiger charge is -2.36. The largest absolute Gasteiger partial charge is 0.534 e. The average molecular weight is 383 g/mol. The van der Waals surface area contributed by atoms with E-state index in [9.17, 15) is 36.6 Å². The highest BCUT2D eigenvalue weighted by molar-refractivity contribution is 7.88. The molecule has 2 N–H and O–H groups in total. The van der Waals surface area contributed by atoms with Crippen molar-refractivity contribution >= 4 is 16.2 Å². The van der Waals surface area contributed by atoms with Gasteiger partial charge in [-0.2, -0.15) is 21.6 Å². The third-order valence-electron chi connectivity index (χ3n) is 3.85. The maximum absolute atomic E-state index is 12.4. The minimum absolute atomic E-state index is 0.0630. The third-order valence-corrected chi connectivity index (χ3v) is 4.83. The Balaban J connectivity index is 2.24. The Morgan fingerprint density at radius 2 is 2.00 bits per heavy atom. The summed E-state index contributed by atoms with van der Waals surface area (Å²) in [6.45, 7) is 0.232. The first-order valence-electron chi connectivity index (χ1n) is 7.31. The molecule has 1 saturated heterocycles. The summed E-state index contributed by atoms with van der Waals surface area (Å²) in [6.07, 6.45) is -0.837. The van der Waals surface area contributed by atoms with Gasteiger partial charge in [-0.15, -0.1) is 0 Å². The van der Waals surface area contributed by atoms with Gasteiger partial charge in [0.2, 0.25) is 0 Å². The van der Waals surface area contributed by atoms with Crippen LogP contribution in [0.3, 0.4) is 0 Å². The molecule has 0 spiro atoms. The van der Waals surface area contributed by atoms with Crippen molar-refractivity contribution in [3.63, 3.8) is 0 Å². The number of aliphatic hydroxyl groups is 1. The molecule has 0 saturated carbocycles. The number of carbonyl (C=O) groups is 1. The molecular formula is C14H16F3NO6S. The Hall–Kier alpha value is -2.01. The van der Waals surface area contributed by atoms with Gasteiger partial charge in [0, 0.05) is 6.54 Å². The van der Waals surface area contributed by atoms with Crippen LogP contribution in [0.4, 0.5) is 18.0 Å². The van der Waals surface area contributed by atoms with Gasteiger partial charge in [-0.05, 0) is 37.0 Å². The van der Waals surface area contributed by atoms with Crippen molar-refractivity contribution in [1.29, 1.82) is 0 Å².